The van der Waals surface area contributed by atoms with Gasteiger partial charge in [-0.05, 0) is 36.6 Å². The summed E-state index contributed by atoms with van der Waals surface area (Å²) < 4.78 is 0. The fraction of sp³-hybridized carbons (Fsp3) is 0.176. The van der Waals surface area contributed by atoms with E-state index in [9.17, 15) is 9.59 Å². The van der Waals surface area contributed by atoms with Gasteiger partial charge in [0.25, 0.3) is 0 Å². The van der Waals surface area contributed by atoms with Crippen molar-refractivity contribution in [2.45, 2.75) is 18.6 Å². The molecule has 1 saturated heterocycles. The Hall–Kier alpha value is -1.87. The summed E-state index contributed by atoms with van der Waals surface area (Å²) in [6.07, 6.45) is 0.0214. The quantitative estimate of drug-likeness (QED) is 0.334. The van der Waals surface area contributed by atoms with Gasteiger partial charge in [0, 0.05) is 6.42 Å². The van der Waals surface area contributed by atoms with Crippen LogP contribution in [0.1, 0.15) is 18.2 Å². The second kappa shape index (κ2) is 8.43. The number of amidine groups is 1. The molecule has 0 saturated carbocycles. The minimum absolute atomic E-state index is 0.0214. The second-order valence-electron chi connectivity index (χ2n) is 5.58. The highest BCUT2D eigenvalue weighted by Crippen LogP contribution is 2.33. The van der Waals surface area contributed by atoms with Gasteiger partial charge in [0.2, 0.25) is 11.8 Å². The Morgan fingerprint density at radius 3 is 2.70 bits per heavy atom. The molecule has 3 rings (SSSR count). The van der Waals surface area contributed by atoms with Gasteiger partial charge >= 0.3 is 0 Å². The summed E-state index contributed by atoms with van der Waals surface area (Å²) in [5.74, 6) is -0.706. The van der Waals surface area contributed by atoms with E-state index in [0.717, 1.165) is 27.3 Å². The van der Waals surface area contributed by atoms with E-state index in [-0.39, 0.29) is 28.4 Å². The lowest BCUT2D eigenvalue weighted by Crippen LogP contribution is -2.31. The van der Waals surface area contributed by atoms with Gasteiger partial charge in [-0.2, -0.15) is 5.10 Å². The molecule has 0 bridgehead atoms. The Balaban J connectivity index is 1.72. The highest BCUT2D eigenvalue weighted by Gasteiger charge is 2.40. The molecule has 2 aromatic rings. The summed E-state index contributed by atoms with van der Waals surface area (Å²) in [6.45, 7) is 1.82. The number of hydrogen-bond donors (Lipinski definition) is 1. The van der Waals surface area contributed by atoms with Crippen LogP contribution in [0.5, 0.6) is 0 Å². The minimum atomic E-state index is -0.659. The summed E-state index contributed by atoms with van der Waals surface area (Å²) in [5, 5.41) is 10.1. The maximum atomic E-state index is 12.6. The van der Waals surface area contributed by atoms with Crippen molar-refractivity contribution in [3.05, 3.63) is 50.6 Å². The van der Waals surface area contributed by atoms with Gasteiger partial charge < -0.3 is 5.73 Å². The molecule has 0 aliphatic carbocycles. The Morgan fingerprint density at radius 2 is 2.04 bits per heavy atom. The zero-order valence-corrected chi connectivity index (χ0v) is 17.2. The molecule has 2 N–H and O–H groups in total. The molecule has 2 amide bonds. The van der Waals surface area contributed by atoms with Crippen LogP contribution in [-0.2, 0) is 9.59 Å². The second-order valence-corrected chi connectivity index (χ2v) is 8.56. The Morgan fingerprint density at radius 1 is 1.26 bits per heavy atom. The van der Waals surface area contributed by atoms with Crippen LogP contribution in [0.3, 0.4) is 0 Å². The average Bonchev–Trinajstić information content (AvgIpc) is 3.25. The number of imide groups is 1. The number of nitrogens with two attached hydrogens (primary N) is 1. The number of thioether (sulfide) groups is 1. The van der Waals surface area contributed by atoms with E-state index in [1.807, 2.05) is 24.4 Å². The number of amides is 2. The van der Waals surface area contributed by atoms with Gasteiger partial charge in [-0.25, -0.2) is 4.90 Å². The molecule has 6 nitrogen and oxygen atoms in total. The lowest BCUT2D eigenvalue weighted by Gasteiger charge is -2.15. The smallest absolute Gasteiger partial charge is 0.247 e. The molecule has 0 radical (unpaired) electrons. The van der Waals surface area contributed by atoms with E-state index in [0.29, 0.717) is 10.7 Å². The number of halogens is 2. The third kappa shape index (κ3) is 4.52. The lowest BCUT2D eigenvalue weighted by molar-refractivity contribution is -0.121. The number of thiophene rings is 1. The van der Waals surface area contributed by atoms with E-state index in [1.54, 1.807) is 17.4 Å². The topological polar surface area (TPSA) is 88.1 Å². The standard InChI is InChI=1S/C17H14Cl2N4O2S2/c1-9(13-3-2-6-26-13)21-22-17(20)27-14-8-15(24)23(16(14)25)10-4-5-11(18)12(19)7-10/h2-7,14H,8H2,1H3,(H2,20,22)/b21-9+. The van der Waals surface area contributed by atoms with Crippen molar-refractivity contribution >= 4 is 74.7 Å². The van der Waals surface area contributed by atoms with Crippen molar-refractivity contribution in [2.75, 3.05) is 4.90 Å². The van der Waals surface area contributed by atoms with Crippen LogP contribution in [0.2, 0.25) is 10.0 Å². The highest BCUT2D eigenvalue weighted by molar-refractivity contribution is 8.14. The van der Waals surface area contributed by atoms with Crippen molar-refractivity contribution in [3.63, 3.8) is 0 Å². The summed E-state index contributed by atoms with van der Waals surface area (Å²) in [7, 11) is 0. The first kappa shape index (κ1) is 19.9. The fourth-order valence-corrected chi connectivity index (χ4v) is 4.20. The maximum Gasteiger partial charge on any atom is 0.247 e. The first-order valence-corrected chi connectivity index (χ1v) is 10.3. The zero-order chi connectivity index (χ0) is 19.6. The number of benzene rings is 1. The first-order valence-electron chi connectivity index (χ1n) is 7.77. The van der Waals surface area contributed by atoms with Gasteiger partial charge in [-0.1, -0.05) is 41.0 Å². The third-order valence-electron chi connectivity index (χ3n) is 3.71. The fourth-order valence-electron chi connectivity index (χ4n) is 2.42. The van der Waals surface area contributed by atoms with Crippen LogP contribution in [0.4, 0.5) is 5.69 Å². The molecule has 1 fully saturated rings. The number of carbonyl (C=O) groups excluding carboxylic acids is 2. The highest BCUT2D eigenvalue weighted by atomic mass is 35.5. The van der Waals surface area contributed by atoms with Gasteiger partial charge in [0.05, 0.1) is 26.3 Å². The minimum Gasteiger partial charge on any atom is -0.377 e. The zero-order valence-electron chi connectivity index (χ0n) is 14.1. The van der Waals surface area contributed by atoms with Crippen molar-refractivity contribution < 1.29 is 9.59 Å². The molecule has 1 aliphatic rings. The molecule has 10 heteroatoms. The molecule has 1 aromatic heterocycles. The molecule has 1 unspecified atom stereocenters. The number of rotatable bonds is 4. The Kier molecular flexibility index (Phi) is 6.21. The van der Waals surface area contributed by atoms with Gasteiger partial charge in [-0.3, -0.25) is 9.59 Å². The van der Waals surface area contributed by atoms with E-state index in [2.05, 4.69) is 10.2 Å². The van der Waals surface area contributed by atoms with E-state index >= 15 is 0 Å². The van der Waals surface area contributed by atoms with Crippen molar-refractivity contribution in [2.24, 2.45) is 15.9 Å². The Bertz CT molecular complexity index is 944. The van der Waals surface area contributed by atoms with Crippen molar-refractivity contribution in [1.82, 2.24) is 0 Å². The van der Waals surface area contributed by atoms with Crippen molar-refractivity contribution in [1.29, 1.82) is 0 Å². The average molecular weight is 441 g/mol. The number of hydrogen-bond acceptors (Lipinski definition) is 6. The first-order chi connectivity index (χ1) is 12.9. The van der Waals surface area contributed by atoms with Crippen LogP contribution in [0.15, 0.2) is 45.9 Å². The normalized spacial score (nSPS) is 18.5. The molecular formula is C17H14Cl2N4O2S2. The predicted molar refractivity (Wildman–Crippen MR) is 113 cm³/mol. The van der Waals surface area contributed by atoms with E-state index < -0.39 is 5.25 Å². The van der Waals surface area contributed by atoms with Crippen LogP contribution >= 0.6 is 46.3 Å². The molecule has 1 atom stereocenters. The van der Waals surface area contributed by atoms with Crippen LogP contribution in [0, 0.1) is 0 Å². The summed E-state index contributed by atoms with van der Waals surface area (Å²) in [5.41, 5.74) is 6.98. The van der Waals surface area contributed by atoms with E-state index in [1.165, 1.54) is 12.1 Å². The number of anilines is 1. The van der Waals surface area contributed by atoms with E-state index in [4.69, 9.17) is 28.9 Å². The molecule has 1 aliphatic heterocycles. The summed E-state index contributed by atoms with van der Waals surface area (Å²) in [4.78, 5) is 27.0. The summed E-state index contributed by atoms with van der Waals surface area (Å²) >= 11 is 14.4. The van der Waals surface area contributed by atoms with Crippen LogP contribution in [-0.4, -0.2) is 27.9 Å². The van der Waals surface area contributed by atoms with Crippen molar-refractivity contribution in [3.8, 4) is 0 Å². The molecule has 140 valence electrons. The largest absolute Gasteiger partial charge is 0.377 e. The monoisotopic (exact) mass is 440 g/mol. The van der Waals surface area contributed by atoms with Gasteiger partial charge in [0.1, 0.15) is 5.25 Å². The van der Waals surface area contributed by atoms with Gasteiger partial charge in [0.15, 0.2) is 5.17 Å². The summed E-state index contributed by atoms with van der Waals surface area (Å²) in [6, 6.07) is 8.44. The number of carbonyl (C=O) groups is 2. The van der Waals surface area contributed by atoms with Crippen LogP contribution in [0.25, 0.3) is 0 Å². The maximum absolute atomic E-state index is 12.6. The SMILES string of the molecule is C/C(=N\N=C(/N)SC1CC(=O)N(c2ccc(Cl)c(Cl)c2)C1=O)c1cccs1. The lowest BCUT2D eigenvalue weighted by atomic mass is 10.3. The molecule has 2 heterocycles. The molecule has 0 spiro atoms. The number of nitrogens with zero attached hydrogens (tertiary/aromatic N) is 3. The third-order valence-corrected chi connectivity index (χ3v) is 6.40. The molecule has 1 aromatic carbocycles. The van der Waals surface area contributed by atoms with Gasteiger partial charge in [-0.15, -0.1) is 16.4 Å². The van der Waals surface area contributed by atoms with Crippen LogP contribution < -0.4 is 10.6 Å². The molecular weight excluding hydrogens is 427 g/mol. The Labute approximate surface area is 174 Å². The molecule has 27 heavy (non-hydrogen) atoms. The predicted octanol–water partition coefficient (Wildman–Crippen LogP) is 4.16.